The Morgan fingerprint density at radius 3 is 2.41 bits per heavy atom. The van der Waals surface area contributed by atoms with Gasteiger partial charge < -0.3 is 29.7 Å². The molecule has 0 unspecified atom stereocenters. The Morgan fingerprint density at radius 2 is 1.77 bits per heavy atom. The number of methoxy groups -OCH3 is 1. The molecule has 4 aromatic rings. The third-order valence-corrected chi connectivity index (χ3v) is 7.14. The number of rotatable bonds is 12. The van der Waals surface area contributed by atoms with Crippen LogP contribution in [-0.2, 0) is 10.0 Å². The van der Waals surface area contributed by atoms with Crippen LogP contribution in [0.15, 0.2) is 65.8 Å². The van der Waals surface area contributed by atoms with Crippen LogP contribution in [0.3, 0.4) is 0 Å². The molecule has 2 aromatic carbocycles. The van der Waals surface area contributed by atoms with E-state index >= 15 is 0 Å². The lowest BCUT2D eigenvalue weighted by molar-refractivity contribution is -0.113. The minimum absolute atomic E-state index is 0.0258. The highest BCUT2D eigenvalue weighted by atomic mass is 16.5. The van der Waals surface area contributed by atoms with Gasteiger partial charge in [-0.3, -0.25) is 4.79 Å². The summed E-state index contributed by atoms with van der Waals surface area (Å²) >= 11 is 0. The largest absolute Gasteiger partial charge is 0.494 e. The van der Waals surface area contributed by atoms with Crippen molar-refractivity contribution in [3.8, 4) is 17.0 Å². The average molecular weight is 577 g/mol. The van der Waals surface area contributed by atoms with Gasteiger partial charge >= 0.3 is 0 Å². The van der Waals surface area contributed by atoms with E-state index in [1.165, 1.54) is 0 Å². The maximum Gasteiger partial charge on any atom is 0.249 e. The number of nitrogens with zero attached hydrogens (tertiary/aromatic N) is 5. The van der Waals surface area contributed by atoms with Crippen molar-refractivity contribution in [3.05, 3.63) is 65.8 Å². The first-order chi connectivity index (χ1) is 20.8. The molecule has 0 saturated heterocycles. The smallest absolute Gasteiger partial charge is 0.249 e. The van der Waals surface area contributed by atoms with Crippen LogP contribution < -0.4 is 20.3 Å². The number of likely N-dealkylation sites (N-methyl/N-ethyl adjacent to an activating group) is 2. The van der Waals surface area contributed by atoms with Crippen molar-refractivity contribution in [2.45, 2.75) is 18.6 Å². The molecule has 1 amide bonds. The summed E-state index contributed by atoms with van der Waals surface area (Å²) in [4.78, 5) is 26.5. The van der Waals surface area contributed by atoms with Gasteiger partial charge in [0.1, 0.15) is 5.75 Å². The zero-order valence-corrected chi connectivity index (χ0v) is 25.8. The second kappa shape index (κ2) is 13.7. The van der Waals surface area contributed by atoms with Crippen LogP contribution in [0.2, 0.25) is 0 Å². The molecule has 14 heteroatoms. The summed E-state index contributed by atoms with van der Waals surface area (Å²) in [7, 11) is 37.2. The second-order valence-corrected chi connectivity index (χ2v) is 10.7. The number of benzene rings is 2. The van der Waals surface area contributed by atoms with E-state index < -0.39 is 11.1 Å². The molecule has 0 saturated carbocycles. The quantitative estimate of drug-likeness (QED) is 0.198. The zero-order chi connectivity index (χ0) is 32.2. The summed E-state index contributed by atoms with van der Waals surface area (Å²) in [6, 6.07) is 13.0. The van der Waals surface area contributed by atoms with Crippen molar-refractivity contribution in [1.82, 2.24) is 19.4 Å². The Morgan fingerprint density at radius 1 is 1.05 bits per heavy atom. The molecule has 0 aliphatic rings. The zero-order valence-electron chi connectivity index (χ0n) is 25.8. The third-order valence-electron chi connectivity index (χ3n) is 7.14. The topological polar surface area (TPSA) is 87.5 Å². The average Bonchev–Trinajstić information content (AvgIpc) is 3.37. The van der Waals surface area contributed by atoms with Gasteiger partial charge in [-0.05, 0) is 44.3 Å². The number of hydrogen-bond acceptors (Lipinski definition) is 7. The Bertz CT molecular complexity index is 1680. The van der Waals surface area contributed by atoms with Crippen molar-refractivity contribution < 1.29 is 9.53 Å². The standard InChI is InChI=1S/C30H32B5N7O2/c1-6-18(27(31)32)28(43)37-22-15-23(26(44-5)16-25(22)41(4)14-13-40(2)3)39-29-36-12-11-21(38-29)20-17-42(30(33,34)35)24-10-8-7-9-19(20)24/h7-12,15-17H,6,13-14H2,1-5H3,(H,37,43)(H,36,38,39). The lowest BCUT2D eigenvalue weighted by Crippen LogP contribution is -2.34. The molecule has 2 N–H and O–H groups in total. The number of ether oxygens (including phenoxy) is 1. The molecule has 0 bridgehead atoms. The monoisotopic (exact) mass is 577 g/mol. The summed E-state index contributed by atoms with van der Waals surface area (Å²) in [6.07, 6.45) is 3.78. The van der Waals surface area contributed by atoms with E-state index in [-0.39, 0.29) is 5.37 Å². The van der Waals surface area contributed by atoms with Gasteiger partial charge in [0, 0.05) is 55.1 Å². The van der Waals surface area contributed by atoms with E-state index in [9.17, 15) is 4.79 Å². The molecule has 0 spiro atoms. The number of nitrogens with one attached hydrogen (secondary N) is 2. The van der Waals surface area contributed by atoms with E-state index in [1.54, 1.807) is 36.2 Å². The normalized spacial score (nSPS) is 11.4. The van der Waals surface area contributed by atoms with Crippen molar-refractivity contribution in [2.24, 2.45) is 0 Å². The number of carbonyl (C=O) groups excluding carboxylic acids is 1. The van der Waals surface area contributed by atoms with Gasteiger partial charge in [-0.2, -0.15) is 5.37 Å². The maximum absolute atomic E-state index is 13.2. The van der Waals surface area contributed by atoms with Gasteiger partial charge in [0.25, 0.3) is 0 Å². The van der Waals surface area contributed by atoms with E-state index in [0.29, 0.717) is 47.3 Å². The van der Waals surface area contributed by atoms with E-state index in [1.807, 2.05) is 63.3 Å². The number of fused-ring (bicyclic) bond motifs is 1. The molecular formula is C30H32B5N7O2. The molecule has 0 aliphatic carbocycles. The predicted octanol–water partition coefficient (Wildman–Crippen LogP) is 2.82. The van der Waals surface area contributed by atoms with E-state index in [0.717, 1.165) is 28.7 Å². The fourth-order valence-electron chi connectivity index (χ4n) is 4.81. The number of carbonyl (C=O) groups is 1. The molecule has 10 radical (unpaired) electrons. The van der Waals surface area contributed by atoms with Crippen molar-refractivity contribution in [3.63, 3.8) is 0 Å². The van der Waals surface area contributed by atoms with Crippen LogP contribution in [-0.4, -0.2) is 106 Å². The Kier molecular flexibility index (Phi) is 10.2. The van der Waals surface area contributed by atoms with Gasteiger partial charge in [-0.25, -0.2) is 9.97 Å². The lowest BCUT2D eigenvalue weighted by Gasteiger charge is -2.26. The van der Waals surface area contributed by atoms with E-state index in [4.69, 9.17) is 49.0 Å². The van der Waals surface area contributed by atoms with Gasteiger partial charge in [-0.1, -0.05) is 30.4 Å². The highest BCUT2D eigenvalue weighted by Gasteiger charge is 2.21. The Labute approximate surface area is 265 Å². The number of aromatic nitrogens is 3. The van der Waals surface area contributed by atoms with Crippen LogP contribution in [0.1, 0.15) is 13.3 Å². The predicted molar refractivity (Wildman–Crippen MR) is 184 cm³/mol. The fraction of sp³-hybridized carbons (Fsp3) is 0.300. The van der Waals surface area contributed by atoms with E-state index in [2.05, 4.69) is 20.5 Å². The first-order valence-electron chi connectivity index (χ1n) is 14.0. The van der Waals surface area contributed by atoms with Gasteiger partial charge in [0.05, 0.1) is 69.1 Å². The lowest BCUT2D eigenvalue weighted by atomic mass is 9.49. The molecule has 0 fully saturated rings. The Hall–Kier alpha value is -4.05. The van der Waals surface area contributed by atoms with Crippen molar-refractivity contribution >= 4 is 79.1 Å². The maximum atomic E-state index is 13.2. The van der Waals surface area contributed by atoms with Crippen molar-refractivity contribution in [2.75, 3.05) is 56.9 Å². The number of hydrogen-bond donors (Lipinski definition) is 2. The molecule has 44 heavy (non-hydrogen) atoms. The summed E-state index contributed by atoms with van der Waals surface area (Å²) in [5, 5.41) is 5.46. The summed E-state index contributed by atoms with van der Waals surface area (Å²) in [5.41, 5.74) is 4.24. The number of amides is 1. The summed E-state index contributed by atoms with van der Waals surface area (Å²) in [6.45, 7) is 3.30. The van der Waals surface area contributed by atoms with Gasteiger partial charge in [0.15, 0.2) is 0 Å². The third kappa shape index (κ3) is 7.35. The molecular weight excluding hydrogens is 544 g/mol. The number of anilines is 4. The van der Waals surface area contributed by atoms with Crippen LogP contribution >= 0.6 is 0 Å². The number of para-hydroxylation sites is 1. The molecule has 2 aromatic heterocycles. The highest BCUT2D eigenvalue weighted by molar-refractivity contribution is 6.57. The SMILES string of the molecule is [B]C([B])=C(CC)C(=O)Nc1cc(Nc2nccc(-c3cn(C([B])([B])[B])c4ccccc34)n2)c(OC)cc1N(C)CCN(C)C. The minimum Gasteiger partial charge on any atom is -0.494 e. The highest BCUT2D eigenvalue weighted by Crippen LogP contribution is 2.39. The first kappa shape index (κ1) is 32.9. The van der Waals surface area contributed by atoms with Crippen LogP contribution in [0, 0.1) is 0 Å². The van der Waals surface area contributed by atoms with Gasteiger partial charge in [-0.15, -0.1) is 0 Å². The Balaban J connectivity index is 1.76. The molecule has 214 valence electrons. The summed E-state index contributed by atoms with van der Waals surface area (Å²) in [5.74, 6) is 0.420. The van der Waals surface area contributed by atoms with Crippen molar-refractivity contribution in [1.29, 1.82) is 0 Å². The molecule has 0 aliphatic heterocycles. The van der Waals surface area contributed by atoms with Gasteiger partial charge in [0.2, 0.25) is 11.9 Å². The first-order valence-corrected chi connectivity index (χ1v) is 14.0. The van der Waals surface area contributed by atoms with Crippen LogP contribution in [0.4, 0.5) is 23.0 Å². The minimum atomic E-state index is -1.61. The summed E-state index contributed by atoms with van der Waals surface area (Å²) < 4.78 is 7.35. The second-order valence-electron chi connectivity index (χ2n) is 10.7. The molecule has 2 heterocycles. The molecule has 0 atom stereocenters. The molecule has 4 rings (SSSR count). The molecule has 9 nitrogen and oxygen atoms in total. The van der Waals surface area contributed by atoms with Crippen LogP contribution in [0.5, 0.6) is 5.75 Å². The fourth-order valence-corrected chi connectivity index (χ4v) is 4.81. The van der Waals surface area contributed by atoms with Crippen LogP contribution in [0.25, 0.3) is 22.2 Å².